The predicted octanol–water partition coefficient (Wildman–Crippen LogP) is 4.08. The maximum atomic E-state index is 8.89. The van der Waals surface area contributed by atoms with Crippen LogP contribution in [0.15, 0.2) is 40.9 Å². The van der Waals surface area contributed by atoms with Crippen molar-refractivity contribution in [3.63, 3.8) is 0 Å². The molecule has 0 unspecified atom stereocenters. The quantitative estimate of drug-likeness (QED) is 0.916. The van der Waals surface area contributed by atoms with Gasteiger partial charge in [-0.05, 0) is 46.3 Å². The van der Waals surface area contributed by atoms with Gasteiger partial charge in [0.25, 0.3) is 0 Å². The van der Waals surface area contributed by atoms with Gasteiger partial charge in [0.2, 0.25) is 0 Å². The third-order valence-corrected chi connectivity index (χ3v) is 3.42. The van der Waals surface area contributed by atoms with Gasteiger partial charge in [-0.3, -0.25) is 0 Å². The van der Waals surface area contributed by atoms with Crippen LogP contribution in [0.3, 0.4) is 0 Å². The molecular formula is C15H13BrN2O2. The first-order valence-electron chi connectivity index (χ1n) is 5.86. The lowest BCUT2D eigenvalue weighted by Gasteiger charge is -2.11. The molecule has 20 heavy (non-hydrogen) atoms. The van der Waals surface area contributed by atoms with Crippen LogP contribution >= 0.6 is 15.9 Å². The Balaban J connectivity index is 2.26. The molecule has 0 heterocycles. The SMILES string of the molecule is COc1ccc(Nc2ccc(C#N)c(Br)c2)cc1OC. The minimum Gasteiger partial charge on any atom is -0.493 e. The molecule has 0 amide bonds. The molecule has 2 aromatic carbocycles. The molecule has 0 spiro atoms. The van der Waals surface area contributed by atoms with E-state index in [0.717, 1.165) is 15.8 Å². The monoisotopic (exact) mass is 332 g/mol. The van der Waals surface area contributed by atoms with Crippen molar-refractivity contribution in [3.05, 3.63) is 46.4 Å². The summed E-state index contributed by atoms with van der Waals surface area (Å²) < 4.78 is 11.2. The van der Waals surface area contributed by atoms with Crippen LogP contribution in [0.25, 0.3) is 0 Å². The number of benzene rings is 2. The minimum atomic E-state index is 0.600. The summed E-state index contributed by atoms with van der Waals surface area (Å²) in [7, 11) is 3.20. The largest absolute Gasteiger partial charge is 0.493 e. The zero-order valence-electron chi connectivity index (χ0n) is 11.1. The van der Waals surface area contributed by atoms with Gasteiger partial charge in [0.05, 0.1) is 19.8 Å². The Bertz CT molecular complexity index is 665. The molecule has 2 aromatic rings. The van der Waals surface area contributed by atoms with Gasteiger partial charge in [-0.2, -0.15) is 5.26 Å². The van der Waals surface area contributed by atoms with E-state index in [2.05, 4.69) is 27.3 Å². The molecule has 0 atom stereocenters. The van der Waals surface area contributed by atoms with E-state index in [1.165, 1.54) is 0 Å². The van der Waals surface area contributed by atoms with Gasteiger partial charge in [0, 0.05) is 21.9 Å². The number of ether oxygens (including phenoxy) is 2. The number of anilines is 2. The molecule has 0 aliphatic heterocycles. The highest BCUT2D eigenvalue weighted by molar-refractivity contribution is 9.10. The number of nitriles is 1. The Hall–Kier alpha value is -2.19. The summed E-state index contributed by atoms with van der Waals surface area (Å²) in [6.07, 6.45) is 0. The molecule has 0 saturated carbocycles. The van der Waals surface area contributed by atoms with Crippen LogP contribution < -0.4 is 14.8 Å². The van der Waals surface area contributed by atoms with E-state index in [4.69, 9.17) is 14.7 Å². The van der Waals surface area contributed by atoms with Crippen molar-refractivity contribution in [3.8, 4) is 17.6 Å². The van der Waals surface area contributed by atoms with Crippen LogP contribution in [-0.4, -0.2) is 14.2 Å². The second kappa shape index (κ2) is 6.31. The summed E-state index contributed by atoms with van der Waals surface area (Å²) in [5.41, 5.74) is 2.35. The lowest BCUT2D eigenvalue weighted by Crippen LogP contribution is -1.94. The standard InChI is InChI=1S/C15H13BrN2O2/c1-19-14-6-5-12(8-15(14)20-2)18-11-4-3-10(9-17)13(16)7-11/h3-8,18H,1-2H3. The summed E-state index contributed by atoms with van der Waals surface area (Å²) in [6.45, 7) is 0. The van der Waals surface area contributed by atoms with Gasteiger partial charge in [0.15, 0.2) is 11.5 Å². The fraction of sp³-hybridized carbons (Fsp3) is 0.133. The third-order valence-electron chi connectivity index (χ3n) is 2.76. The molecule has 0 aromatic heterocycles. The molecule has 0 aliphatic carbocycles. The first-order valence-corrected chi connectivity index (χ1v) is 6.66. The summed E-state index contributed by atoms with van der Waals surface area (Å²) in [5, 5.41) is 12.1. The Morgan fingerprint density at radius 2 is 1.65 bits per heavy atom. The average Bonchev–Trinajstić information content (AvgIpc) is 2.47. The van der Waals surface area contributed by atoms with Gasteiger partial charge in [0.1, 0.15) is 6.07 Å². The Morgan fingerprint density at radius 3 is 2.25 bits per heavy atom. The summed E-state index contributed by atoms with van der Waals surface area (Å²) >= 11 is 3.36. The normalized spacial score (nSPS) is 9.70. The van der Waals surface area contributed by atoms with Gasteiger partial charge >= 0.3 is 0 Å². The van der Waals surface area contributed by atoms with E-state index < -0.39 is 0 Å². The number of hydrogen-bond donors (Lipinski definition) is 1. The smallest absolute Gasteiger partial charge is 0.162 e. The van der Waals surface area contributed by atoms with Crippen LogP contribution in [0.5, 0.6) is 11.5 Å². The summed E-state index contributed by atoms with van der Waals surface area (Å²) in [4.78, 5) is 0. The van der Waals surface area contributed by atoms with Crippen molar-refractivity contribution < 1.29 is 9.47 Å². The molecule has 0 fully saturated rings. The maximum Gasteiger partial charge on any atom is 0.162 e. The predicted molar refractivity (Wildman–Crippen MR) is 81.7 cm³/mol. The zero-order valence-corrected chi connectivity index (χ0v) is 12.7. The number of rotatable bonds is 4. The molecular weight excluding hydrogens is 320 g/mol. The highest BCUT2D eigenvalue weighted by Crippen LogP contribution is 2.31. The van der Waals surface area contributed by atoms with Gasteiger partial charge in [-0.15, -0.1) is 0 Å². The van der Waals surface area contributed by atoms with E-state index in [0.29, 0.717) is 17.1 Å². The maximum absolute atomic E-state index is 8.89. The fourth-order valence-electron chi connectivity index (χ4n) is 1.76. The van der Waals surface area contributed by atoms with Crippen molar-refractivity contribution in [2.24, 2.45) is 0 Å². The lowest BCUT2D eigenvalue weighted by atomic mass is 10.2. The first-order chi connectivity index (χ1) is 9.67. The van der Waals surface area contributed by atoms with E-state index in [1.807, 2.05) is 30.3 Å². The van der Waals surface area contributed by atoms with Crippen molar-refractivity contribution in [2.75, 3.05) is 19.5 Å². The van der Waals surface area contributed by atoms with E-state index in [-0.39, 0.29) is 0 Å². The van der Waals surface area contributed by atoms with Crippen molar-refractivity contribution in [2.45, 2.75) is 0 Å². The third kappa shape index (κ3) is 3.03. The van der Waals surface area contributed by atoms with Crippen LogP contribution in [0.4, 0.5) is 11.4 Å². The number of halogens is 1. The number of methoxy groups -OCH3 is 2. The van der Waals surface area contributed by atoms with E-state index in [9.17, 15) is 0 Å². The molecule has 4 nitrogen and oxygen atoms in total. The number of nitrogens with one attached hydrogen (secondary N) is 1. The molecule has 0 radical (unpaired) electrons. The fourth-order valence-corrected chi connectivity index (χ4v) is 2.23. The van der Waals surface area contributed by atoms with Crippen molar-refractivity contribution in [1.82, 2.24) is 0 Å². The van der Waals surface area contributed by atoms with E-state index in [1.54, 1.807) is 20.3 Å². The molecule has 0 bridgehead atoms. The Kier molecular flexibility index (Phi) is 4.49. The van der Waals surface area contributed by atoms with Crippen molar-refractivity contribution in [1.29, 1.82) is 5.26 Å². The van der Waals surface area contributed by atoms with Crippen LogP contribution in [0, 0.1) is 11.3 Å². The average molecular weight is 333 g/mol. The highest BCUT2D eigenvalue weighted by atomic mass is 79.9. The Labute approximate surface area is 126 Å². The van der Waals surface area contributed by atoms with Crippen molar-refractivity contribution >= 4 is 27.3 Å². The second-order valence-electron chi connectivity index (χ2n) is 4.00. The summed E-state index contributed by atoms with van der Waals surface area (Å²) in [5.74, 6) is 1.34. The highest BCUT2D eigenvalue weighted by Gasteiger charge is 2.06. The van der Waals surface area contributed by atoms with Crippen LogP contribution in [0.2, 0.25) is 0 Å². The van der Waals surface area contributed by atoms with Gasteiger partial charge < -0.3 is 14.8 Å². The van der Waals surface area contributed by atoms with Crippen LogP contribution in [0.1, 0.15) is 5.56 Å². The van der Waals surface area contributed by atoms with E-state index >= 15 is 0 Å². The van der Waals surface area contributed by atoms with Gasteiger partial charge in [-0.25, -0.2) is 0 Å². The molecule has 0 aliphatic rings. The minimum absolute atomic E-state index is 0.600. The molecule has 2 rings (SSSR count). The number of hydrogen-bond acceptors (Lipinski definition) is 4. The number of nitrogens with zero attached hydrogens (tertiary/aromatic N) is 1. The van der Waals surface area contributed by atoms with Gasteiger partial charge in [-0.1, -0.05) is 0 Å². The zero-order chi connectivity index (χ0) is 14.5. The summed E-state index contributed by atoms with van der Waals surface area (Å²) in [6, 6.07) is 13.2. The Morgan fingerprint density at radius 1 is 1.00 bits per heavy atom. The topological polar surface area (TPSA) is 54.3 Å². The molecule has 102 valence electrons. The van der Waals surface area contributed by atoms with Crippen LogP contribution in [-0.2, 0) is 0 Å². The first kappa shape index (κ1) is 14.2. The molecule has 0 saturated heterocycles. The second-order valence-corrected chi connectivity index (χ2v) is 4.86. The molecule has 5 heteroatoms. The lowest BCUT2D eigenvalue weighted by molar-refractivity contribution is 0.355. The molecule has 1 N–H and O–H groups in total.